The topological polar surface area (TPSA) is 66.5 Å². The molecule has 1 aromatic rings. The van der Waals surface area contributed by atoms with Crippen molar-refractivity contribution in [3.05, 3.63) is 29.8 Å². The summed E-state index contributed by atoms with van der Waals surface area (Å²) < 4.78 is 0. The van der Waals surface area contributed by atoms with Crippen molar-refractivity contribution in [2.75, 3.05) is 0 Å². The Morgan fingerprint density at radius 2 is 1.93 bits per heavy atom. The highest BCUT2D eigenvalue weighted by Gasteiger charge is 2.20. The Morgan fingerprint density at radius 1 is 1.36 bits per heavy atom. The maximum absolute atomic E-state index is 9.58. The molecule has 1 aromatic carbocycles. The molecule has 1 atom stereocenters. The Labute approximate surface area is 84.2 Å². The molecule has 0 heterocycles. The molecule has 0 aliphatic rings. The zero-order valence-electron chi connectivity index (χ0n) is 8.57. The predicted molar refractivity (Wildman–Crippen MR) is 56.0 cm³/mol. The number of para-hydroxylation sites is 1. The van der Waals surface area contributed by atoms with Crippen LogP contribution < -0.4 is 5.73 Å². The molecule has 0 fully saturated rings. The van der Waals surface area contributed by atoms with Gasteiger partial charge in [0.05, 0.1) is 5.60 Å². The zero-order valence-corrected chi connectivity index (χ0v) is 8.57. The van der Waals surface area contributed by atoms with Crippen LogP contribution in [-0.4, -0.2) is 15.8 Å². The Morgan fingerprint density at radius 3 is 2.43 bits per heavy atom. The summed E-state index contributed by atoms with van der Waals surface area (Å²) in [6, 6.07) is 6.59. The predicted octanol–water partition coefficient (Wildman–Crippen LogP) is 1.55. The number of rotatable bonds is 3. The van der Waals surface area contributed by atoms with E-state index in [2.05, 4.69) is 0 Å². The lowest BCUT2D eigenvalue weighted by Gasteiger charge is -2.22. The van der Waals surface area contributed by atoms with Crippen LogP contribution in [0.3, 0.4) is 0 Å². The molecule has 0 aliphatic heterocycles. The molecule has 78 valence electrons. The largest absolute Gasteiger partial charge is 0.508 e. The fourth-order valence-corrected chi connectivity index (χ4v) is 1.45. The first-order chi connectivity index (χ1) is 6.40. The summed E-state index contributed by atoms with van der Waals surface area (Å²) >= 11 is 0. The number of benzene rings is 1. The van der Waals surface area contributed by atoms with Gasteiger partial charge in [-0.25, -0.2) is 0 Å². The van der Waals surface area contributed by atoms with Gasteiger partial charge in [-0.05, 0) is 26.3 Å². The fraction of sp³-hybridized carbons (Fsp3) is 0.455. The van der Waals surface area contributed by atoms with E-state index in [0.717, 1.165) is 0 Å². The van der Waals surface area contributed by atoms with Crippen LogP contribution in [0, 0.1) is 0 Å². The molecule has 1 unspecified atom stereocenters. The number of hydrogen-bond acceptors (Lipinski definition) is 3. The Hall–Kier alpha value is -1.06. The van der Waals surface area contributed by atoms with E-state index in [1.165, 1.54) is 0 Å². The minimum Gasteiger partial charge on any atom is -0.508 e. The zero-order chi connectivity index (χ0) is 10.8. The first-order valence-corrected chi connectivity index (χ1v) is 4.66. The van der Waals surface area contributed by atoms with Gasteiger partial charge in [-0.1, -0.05) is 18.2 Å². The van der Waals surface area contributed by atoms with Crippen molar-refractivity contribution in [3.63, 3.8) is 0 Å². The van der Waals surface area contributed by atoms with Gasteiger partial charge in [-0.3, -0.25) is 0 Å². The van der Waals surface area contributed by atoms with Gasteiger partial charge in [0.2, 0.25) is 0 Å². The summed E-state index contributed by atoms with van der Waals surface area (Å²) in [5, 5.41) is 19.1. The summed E-state index contributed by atoms with van der Waals surface area (Å²) in [7, 11) is 0. The molecule has 0 saturated carbocycles. The van der Waals surface area contributed by atoms with Gasteiger partial charge in [0.1, 0.15) is 5.75 Å². The summed E-state index contributed by atoms with van der Waals surface area (Å²) in [5.74, 6) is 0.184. The van der Waals surface area contributed by atoms with Gasteiger partial charge < -0.3 is 15.9 Å². The van der Waals surface area contributed by atoms with Gasteiger partial charge in [-0.2, -0.15) is 0 Å². The van der Waals surface area contributed by atoms with Crippen LogP contribution in [0.2, 0.25) is 0 Å². The molecular weight excluding hydrogens is 178 g/mol. The molecule has 1 rings (SSSR count). The standard InChI is InChI=1S/C11H17NO2/c1-11(2,14)7-9(12)8-5-3-4-6-10(8)13/h3-6,9,13-14H,7,12H2,1-2H3. The van der Waals surface area contributed by atoms with Crippen LogP contribution in [0.4, 0.5) is 0 Å². The SMILES string of the molecule is CC(C)(O)CC(N)c1ccccc1O. The maximum Gasteiger partial charge on any atom is 0.120 e. The van der Waals surface area contributed by atoms with Crippen LogP contribution in [0.15, 0.2) is 24.3 Å². The normalized spacial score (nSPS) is 14.0. The lowest BCUT2D eigenvalue weighted by atomic mass is 9.94. The number of aliphatic hydroxyl groups is 1. The Balaban J connectivity index is 2.80. The highest BCUT2D eigenvalue weighted by molar-refractivity contribution is 5.34. The molecular formula is C11H17NO2. The number of aromatic hydroxyl groups is 1. The van der Waals surface area contributed by atoms with Crippen LogP contribution >= 0.6 is 0 Å². The molecule has 0 saturated heterocycles. The maximum atomic E-state index is 9.58. The Bertz CT molecular complexity index is 304. The second kappa shape index (κ2) is 3.98. The Kier molecular flexibility index (Phi) is 3.13. The van der Waals surface area contributed by atoms with Gasteiger partial charge >= 0.3 is 0 Å². The first kappa shape index (κ1) is 11.0. The van der Waals surface area contributed by atoms with Crippen LogP contribution in [0.5, 0.6) is 5.75 Å². The molecule has 4 N–H and O–H groups in total. The average molecular weight is 195 g/mol. The van der Waals surface area contributed by atoms with Crippen molar-refractivity contribution >= 4 is 0 Å². The van der Waals surface area contributed by atoms with Gasteiger partial charge in [-0.15, -0.1) is 0 Å². The molecule has 0 aliphatic carbocycles. The number of phenols is 1. The lowest BCUT2D eigenvalue weighted by Crippen LogP contribution is -2.26. The van der Waals surface area contributed by atoms with Crippen molar-refractivity contribution in [2.24, 2.45) is 5.73 Å². The second-order valence-corrected chi connectivity index (χ2v) is 4.18. The number of phenolic OH excluding ortho intramolecular Hbond substituents is 1. The minimum absolute atomic E-state index is 0.184. The van der Waals surface area contributed by atoms with Gasteiger partial charge in [0, 0.05) is 11.6 Å². The van der Waals surface area contributed by atoms with Gasteiger partial charge in [0.15, 0.2) is 0 Å². The highest BCUT2D eigenvalue weighted by Crippen LogP contribution is 2.27. The van der Waals surface area contributed by atoms with Gasteiger partial charge in [0.25, 0.3) is 0 Å². The van der Waals surface area contributed by atoms with E-state index in [-0.39, 0.29) is 11.8 Å². The van der Waals surface area contributed by atoms with Crippen LogP contribution in [0.25, 0.3) is 0 Å². The third-order valence-corrected chi connectivity index (χ3v) is 2.06. The van der Waals surface area contributed by atoms with Crippen molar-refractivity contribution in [1.82, 2.24) is 0 Å². The van der Waals surface area contributed by atoms with Crippen molar-refractivity contribution in [3.8, 4) is 5.75 Å². The van der Waals surface area contributed by atoms with Crippen molar-refractivity contribution < 1.29 is 10.2 Å². The molecule has 3 nitrogen and oxygen atoms in total. The highest BCUT2D eigenvalue weighted by atomic mass is 16.3. The van der Waals surface area contributed by atoms with E-state index in [1.807, 2.05) is 6.07 Å². The lowest BCUT2D eigenvalue weighted by molar-refractivity contribution is 0.0633. The fourth-order valence-electron chi connectivity index (χ4n) is 1.45. The summed E-state index contributed by atoms with van der Waals surface area (Å²) in [6.07, 6.45) is 0.421. The van der Waals surface area contributed by atoms with Crippen molar-refractivity contribution in [2.45, 2.75) is 31.9 Å². The van der Waals surface area contributed by atoms with E-state index in [1.54, 1.807) is 32.0 Å². The first-order valence-electron chi connectivity index (χ1n) is 4.66. The number of nitrogens with two attached hydrogens (primary N) is 1. The van der Waals surface area contributed by atoms with E-state index in [9.17, 15) is 10.2 Å². The van der Waals surface area contributed by atoms with E-state index in [0.29, 0.717) is 12.0 Å². The van der Waals surface area contributed by atoms with Crippen molar-refractivity contribution in [1.29, 1.82) is 0 Å². The number of hydrogen-bond donors (Lipinski definition) is 3. The molecule has 0 radical (unpaired) electrons. The molecule has 0 bridgehead atoms. The molecule has 0 spiro atoms. The molecule has 14 heavy (non-hydrogen) atoms. The summed E-state index contributed by atoms with van der Waals surface area (Å²) in [5.41, 5.74) is 5.72. The van der Waals surface area contributed by atoms with E-state index < -0.39 is 5.60 Å². The average Bonchev–Trinajstić information content (AvgIpc) is 2.01. The molecule has 0 aromatic heterocycles. The molecule has 3 heteroatoms. The minimum atomic E-state index is -0.818. The van der Waals surface area contributed by atoms with Crippen LogP contribution in [-0.2, 0) is 0 Å². The summed E-state index contributed by atoms with van der Waals surface area (Å²) in [4.78, 5) is 0. The quantitative estimate of drug-likeness (QED) is 0.685. The third kappa shape index (κ3) is 3.01. The summed E-state index contributed by atoms with van der Waals surface area (Å²) in [6.45, 7) is 3.40. The van der Waals surface area contributed by atoms with E-state index >= 15 is 0 Å². The van der Waals surface area contributed by atoms with Crippen LogP contribution in [0.1, 0.15) is 31.9 Å². The third-order valence-electron chi connectivity index (χ3n) is 2.06. The molecule has 0 amide bonds. The smallest absolute Gasteiger partial charge is 0.120 e. The second-order valence-electron chi connectivity index (χ2n) is 4.18. The monoisotopic (exact) mass is 195 g/mol. The van der Waals surface area contributed by atoms with E-state index in [4.69, 9.17) is 5.73 Å².